The Morgan fingerprint density at radius 3 is 1.40 bits per heavy atom. The highest BCUT2D eigenvalue weighted by atomic mass is 32.2. The van der Waals surface area contributed by atoms with E-state index >= 15 is 0 Å². The Labute approximate surface area is 86.8 Å². The molecule has 0 heterocycles. The molecule has 0 unspecified atom stereocenters. The molecule has 8 nitrogen and oxygen atoms in total. The lowest BCUT2D eigenvalue weighted by atomic mass is 10.5. The van der Waals surface area contributed by atoms with Crippen molar-refractivity contribution < 1.29 is 28.2 Å². The standard InChI is InChI=1S/C4H4O4.C2H8N2O2S/c5-3(6)1-2-4(7)8;1-4(2)7(3,5)6/h1-2H,(H,5,6)(H,7,8);1-2H3,(H2,3,5,6). The first-order valence-corrected chi connectivity index (χ1v) is 4.92. The topological polar surface area (TPSA) is 138 Å². The fraction of sp³-hybridized carbons (Fsp3) is 0.333. The van der Waals surface area contributed by atoms with Crippen LogP contribution in [0.2, 0.25) is 0 Å². The molecule has 0 aromatic rings. The monoisotopic (exact) mass is 240 g/mol. The number of carbonyl (C=O) groups is 2. The third-order valence-corrected chi connectivity index (χ3v) is 1.90. The van der Waals surface area contributed by atoms with Gasteiger partial charge < -0.3 is 10.2 Å². The summed E-state index contributed by atoms with van der Waals surface area (Å²) in [5.41, 5.74) is 0. The van der Waals surface area contributed by atoms with Crippen molar-refractivity contribution in [2.45, 2.75) is 0 Å². The molecule has 0 bridgehead atoms. The van der Waals surface area contributed by atoms with Crippen LogP contribution in [0.3, 0.4) is 0 Å². The first kappa shape index (κ1) is 16.0. The van der Waals surface area contributed by atoms with Gasteiger partial charge in [0.1, 0.15) is 0 Å². The molecular weight excluding hydrogens is 228 g/mol. The zero-order valence-corrected chi connectivity index (χ0v) is 8.93. The molecule has 0 aromatic carbocycles. The Bertz CT molecular complexity index is 329. The molecule has 0 aromatic heterocycles. The number of nitrogens with two attached hydrogens (primary N) is 1. The van der Waals surface area contributed by atoms with Gasteiger partial charge in [-0.25, -0.2) is 14.7 Å². The molecule has 0 rings (SSSR count). The Kier molecular flexibility index (Phi) is 7.38. The normalized spacial score (nSPS) is 10.9. The van der Waals surface area contributed by atoms with Crippen molar-refractivity contribution in [1.29, 1.82) is 0 Å². The van der Waals surface area contributed by atoms with Crippen molar-refractivity contribution >= 4 is 22.1 Å². The van der Waals surface area contributed by atoms with Crippen LogP contribution in [0.5, 0.6) is 0 Å². The van der Waals surface area contributed by atoms with Gasteiger partial charge >= 0.3 is 11.9 Å². The Morgan fingerprint density at radius 2 is 1.33 bits per heavy atom. The first-order chi connectivity index (χ1) is 6.57. The van der Waals surface area contributed by atoms with Gasteiger partial charge in [-0.15, -0.1) is 0 Å². The Hall–Kier alpha value is -1.45. The zero-order chi connectivity index (χ0) is 12.6. The number of aliphatic carboxylic acids is 2. The van der Waals surface area contributed by atoms with Crippen LogP contribution >= 0.6 is 0 Å². The molecule has 9 heteroatoms. The van der Waals surface area contributed by atoms with E-state index in [4.69, 9.17) is 10.2 Å². The highest BCUT2D eigenvalue weighted by molar-refractivity contribution is 7.86. The van der Waals surface area contributed by atoms with Gasteiger partial charge in [0.2, 0.25) is 0 Å². The molecule has 88 valence electrons. The van der Waals surface area contributed by atoms with Gasteiger partial charge in [0.25, 0.3) is 10.2 Å². The second-order valence-electron chi connectivity index (χ2n) is 2.34. The summed E-state index contributed by atoms with van der Waals surface area (Å²) in [4.78, 5) is 19.1. The van der Waals surface area contributed by atoms with E-state index in [1.54, 1.807) is 0 Å². The van der Waals surface area contributed by atoms with Crippen molar-refractivity contribution in [3.8, 4) is 0 Å². The molecule has 0 aliphatic rings. The van der Waals surface area contributed by atoms with E-state index in [1.165, 1.54) is 14.1 Å². The van der Waals surface area contributed by atoms with Crippen LogP contribution in [-0.4, -0.2) is 49.0 Å². The SMILES string of the molecule is CN(C)S(N)(=O)=O.O=C(O)C=CC(=O)O. The quantitative estimate of drug-likeness (QED) is 0.511. The van der Waals surface area contributed by atoms with E-state index in [2.05, 4.69) is 5.14 Å². The Morgan fingerprint density at radius 1 is 1.13 bits per heavy atom. The minimum Gasteiger partial charge on any atom is -0.478 e. The van der Waals surface area contributed by atoms with Crippen molar-refractivity contribution in [1.82, 2.24) is 4.31 Å². The molecule has 15 heavy (non-hydrogen) atoms. The number of nitrogens with zero attached hydrogens (tertiary/aromatic N) is 1. The summed E-state index contributed by atoms with van der Waals surface area (Å²) in [5, 5.41) is 20.2. The van der Waals surface area contributed by atoms with Crippen LogP contribution < -0.4 is 5.14 Å². The fourth-order valence-electron chi connectivity index (χ4n) is 0.143. The van der Waals surface area contributed by atoms with Gasteiger partial charge in [-0.2, -0.15) is 12.7 Å². The van der Waals surface area contributed by atoms with Gasteiger partial charge in [-0.1, -0.05) is 0 Å². The molecule has 0 saturated carbocycles. The van der Waals surface area contributed by atoms with Gasteiger partial charge in [0, 0.05) is 26.2 Å². The number of carboxylic acid groups (broad SMARTS) is 2. The minimum atomic E-state index is -3.41. The summed E-state index contributed by atoms with van der Waals surface area (Å²) in [7, 11) is -0.667. The van der Waals surface area contributed by atoms with Gasteiger partial charge in [0.05, 0.1) is 0 Å². The third-order valence-electron chi connectivity index (χ3n) is 0.877. The lowest BCUT2D eigenvalue weighted by Crippen LogP contribution is -2.29. The summed E-state index contributed by atoms with van der Waals surface area (Å²) in [6.45, 7) is 0. The van der Waals surface area contributed by atoms with Crippen molar-refractivity contribution in [3.05, 3.63) is 12.2 Å². The van der Waals surface area contributed by atoms with Crippen LogP contribution in [0.4, 0.5) is 0 Å². The van der Waals surface area contributed by atoms with E-state index in [9.17, 15) is 18.0 Å². The predicted octanol–water partition coefficient (Wildman–Crippen LogP) is -1.54. The van der Waals surface area contributed by atoms with Crippen molar-refractivity contribution in [3.63, 3.8) is 0 Å². The summed E-state index contributed by atoms with van der Waals surface area (Å²) < 4.78 is 21.0. The second kappa shape index (κ2) is 6.92. The van der Waals surface area contributed by atoms with E-state index in [0.29, 0.717) is 12.2 Å². The summed E-state index contributed by atoms with van der Waals surface area (Å²) in [5.74, 6) is -2.51. The second-order valence-corrected chi connectivity index (χ2v) is 4.10. The summed E-state index contributed by atoms with van der Waals surface area (Å²) >= 11 is 0. The van der Waals surface area contributed by atoms with Crippen LogP contribution in [0, 0.1) is 0 Å². The highest BCUT2D eigenvalue weighted by Gasteiger charge is 2.01. The largest absolute Gasteiger partial charge is 0.478 e. The molecule has 0 amide bonds. The zero-order valence-electron chi connectivity index (χ0n) is 8.11. The number of hydrogen-bond donors (Lipinski definition) is 3. The van der Waals surface area contributed by atoms with E-state index in [0.717, 1.165) is 4.31 Å². The molecule has 0 aliphatic heterocycles. The molecule has 0 spiro atoms. The molecule has 4 N–H and O–H groups in total. The highest BCUT2D eigenvalue weighted by Crippen LogP contribution is 1.77. The van der Waals surface area contributed by atoms with Crippen LogP contribution in [-0.2, 0) is 19.8 Å². The maximum atomic E-state index is 10.0. The molecule has 0 saturated heterocycles. The maximum Gasteiger partial charge on any atom is 0.328 e. The van der Waals surface area contributed by atoms with Crippen LogP contribution in [0.25, 0.3) is 0 Å². The number of rotatable bonds is 3. The average molecular weight is 240 g/mol. The van der Waals surface area contributed by atoms with Crippen LogP contribution in [0.1, 0.15) is 0 Å². The predicted molar refractivity (Wildman–Crippen MR) is 51.2 cm³/mol. The minimum absolute atomic E-state index is 0.558. The molecule has 0 radical (unpaired) electrons. The van der Waals surface area contributed by atoms with Gasteiger partial charge in [-0.05, 0) is 0 Å². The summed E-state index contributed by atoms with van der Waals surface area (Å²) in [6, 6.07) is 0. The van der Waals surface area contributed by atoms with E-state index in [1.807, 2.05) is 0 Å². The summed E-state index contributed by atoms with van der Waals surface area (Å²) in [6.07, 6.45) is 1.12. The average Bonchev–Trinajstić information content (AvgIpc) is 2.00. The molecule has 0 aliphatic carbocycles. The molecular formula is C6H12N2O6S. The molecule has 0 fully saturated rings. The van der Waals surface area contributed by atoms with E-state index < -0.39 is 22.1 Å². The number of hydrogen-bond acceptors (Lipinski definition) is 4. The molecule has 0 atom stereocenters. The fourth-order valence-corrected chi connectivity index (χ4v) is 0.143. The van der Waals surface area contributed by atoms with Gasteiger partial charge in [-0.3, -0.25) is 0 Å². The van der Waals surface area contributed by atoms with Crippen molar-refractivity contribution in [2.24, 2.45) is 5.14 Å². The van der Waals surface area contributed by atoms with Crippen molar-refractivity contribution in [2.75, 3.05) is 14.1 Å². The smallest absolute Gasteiger partial charge is 0.328 e. The van der Waals surface area contributed by atoms with Crippen LogP contribution in [0.15, 0.2) is 12.2 Å². The van der Waals surface area contributed by atoms with Gasteiger partial charge in [0.15, 0.2) is 0 Å². The lowest BCUT2D eigenvalue weighted by Gasteiger charge is -2.02. The Balaban J connectivity index is 0. The van der Waals surface area contributed by atoms with E-state index in [-0.39, 0.29) is 0 Å². The first-order valence-electron chi connectivity index (χ1n) is 3.41. The third kappa shape index (κ3) is 15.3. The number of carboxylic acids is 2. The maximum absolute atomic E-state index is 10.0. The lowest BCUT2D eigenvalue weighted by molar-refractivity contribution is -0.134.